The number of rotatable bonds is 13. The van der Waals surface area contributed by atoms with E-state index in [4.69, 9.17) is 17.3 Å². The summed E-state index contributed by atoms with van der Waals surface area (Å²) in [7, 11) is -4.01. The molecule has 0 radical (unpaired) electrons. The summed E-state index contributed by atoms with van der Waals surface area (Å²) in [4.78, 5) is 41.3. The van der Waals surface area contributed by atoms with E-state index in [2.05, 4.69) is 0 Å². The number of primary amides is 1. The van der Waals surface area contributed by atoms with Crippen LogP contribution >= 0.6 is 22.9 Å². The molecule has 0 saturated carbocycles. The summed E-state index contributed by atoms with van der Waals surface area (Å²) in [5.74, 6) is -2.04. The van der Waals surface area contributed by atoms with Crippen molar-refractivity contribution in [2.75, 3.05) is 38.5 Å². The lowest BCUT2D eigenvalue weighted by Crippen LogP contribution is -2.53. The van der Waals surface area contributed by atoms with Gasteiger partial charge in [0.2, 0.25) is 27.7 Å². The summed E-state index contributed by atoms with van der Waals surface area (Å²) in [6.45, 7) is 3.41. The molecule has 1 aliphatic heterocycles. The van der Waals surface area contributed by atoms with Gasteiger partial charge >= 0.3 is 0 Å². The number of nitrogens with zero attached hydrogens (tertiary/aromatic N) is 3. The van der Waals surface area contributed by atoms with Crippen molar-refractivity contribution in [1.82, 2.24) is 14.1 Å². The molecule has 2 heterocycles. The summed E-state index contributed by atoms with van der Waals surface area (Å²) in [6, 6.07) is 1.46. The van der Waals surface area contributed by atoms with Crippen LogP contribution in [0.5, 0.6) is 0 Å². The Morgan fingerprint density at radius 2 is 2.06 bits per heavy atom. The quantitative estimate of drug-likeness (QED) is 0.381. The Balaban J connectivity index is 2.18. The number of thiophene rings is 1. The van der Waals surface area contributed by atoms with Crippen molar-refractivity contribution in [3.63, 3.8) is 0 Å². The minimum absolute atomic E-state index is 0.140. The number of hydrogen-bond acceptors (Lipinski definition) is 7. The van der Waals surface area contributed by atoms with Crippen molar-refractivity contribution in [2.24, 2.45) is 5.73 Å². The lowest BCUT2D eigenvalue weighted by atomic mass is 10.2. The van der Waals surface area contributed by atoms with Gasteiger partial charge in [0.15, 0.2) is 0 Å². The first-order valence-corrected chi connectivity index (χ1v) is 13.5. The van der Waals surface area contributed by atoms with Crippen molar-refractivity contribution in [3.8, 4) is 0 Å². The molecule has 1 aromatic rings. The van der Waals surface area contributed by atoms with Crippen LogP contribution in [0.15, 0.2) is 12.1 Å². The van der Waals surface area contributed by atoms with Crippen LogP contribution in [0.3, 0.4) is 0 Å². The average molecular weight is 523 g/mol. The first-order chi connectivity index (χ1) is 15.5. The number of aliphatic hydroxyl groups excluding tert-OH is 1. The van der Waals surface area contributed by atoms with Crippen molar-refractivity contribution in [1.29, 1.82) is 0 Å². The Bertz CT molecular complexity index is 948. The molecule has 3 amide bonds. The Morgan fingerprint density at radius 3 is 2.61 bits per heavy atom. The number of sulfonamides is 1. The molecule has 1 aromatic heterocycles. The van der Waals surface area contributed by atoms with Crippen molar-refractivity contribution >= 4 is 50.7 Å². The van der Waals surface area contributed by atoms with Crippen LogP contribution in [0.2, 0.25) is 4.34 Å². The number of halogens is 1. The second-order valence-corrected chi connectivity index (χ2v) is 11.7. The van der Waals surface area contributed by atoms with Crippen LogP contribution in [-0.2, 0) is 30.8 Å². The van der Waals surface area contributed by atoms with Crippen molar-refractivity contribution in [2.45, 2.75) is 45.2 Å². The third kappa shape index (κ3) is 7.12. The Kier molecular flexibility index (Phi) is 10.1. The van der Waals surface area contributed by atoms with Gasteiger partial charge in [-0.25, -0.2) is 8.42 Å². The Morgan fingerprint density at radius 1 is 1.36 bits per heavy atom. The number of aryl methyl sites for hydroxylation is 1. The van der Waals surface area contributed by atoms with Gasteiger partial charge in [0.1, 0.15) is 12.1 Å². The topological polar surface area (TPSA) is 141 Å². The van der Waals surface area contributed by atoms with E-state index in [0.29, 0.717) is 17.3 Å². The highest BCUT2D eigenvalue weighted by atomic mass is 35.5. The van der Waals surface area contributed by atoms with Gasteiger partial charge in [0.05, 0.1) is 23.2 Å². The lowest BCUT2D eigenvalue weighted by Gasteiger charge is -2.31. The van der Waals surface area contributed by atoms with Gasteiger partial charge in [0.25, 0.3) is 0 Å². The molecule has 2 rings (SSSR count). The minimum Gasteiger partial charge on any atom is -0.395 e. The number of carbonyl (C=O) groups is 3. The molecule has 0 aromatic carbocycles. The van der Waals surface area contributed by atoms with Gasteiger partial charge in [0, 0.05) is 24.5 Å². The van der Waals surface area contributed by atoms with Gasteiger partial charge in [-0.05, 0) is 38.3 Å². The molecular weight excluding hydrogens is 492 g/mol. The third-order valence-electron chi connectivity index (χ3n) is 5.46. The molecule has 1 saturated heterocycles. The number of carbonyl (C=O) groups excluding carboxylic acids is 3. The van der Waals surface area contributed by atoms with Gasteiger partial charge in [-0.2, -0.15) is 4.31 Å². The summed E-state index contributed by atoms with van der Waals surface area (Å²) in [6.07, 6.45) is 1.01. The maximum atomic E-state index is 13.2. The smallest absolute Gasteiger partial charge is 0.245 e. The van der Waals surface area contributed by atoms with E-state index in [-0.39, 0.29) is 44.2 Å². The summed E-state index contributed by atoms with van der Waals surface area (Å²) in [5.41, 5.74) is 5.29. The van der Waals surface area contributed by atoms with E-state index < -0.39 is 40.5 Å². The van der Waals surface area contributed by atoms with E-state index in [1.165, 1.54) is 21.1 Å². The van der Waals surface area contributed by atoms with E-state index in [9.17, 15) is 27.9 Å². The van der Waals surface area contributed by atoms with Crippen LogP contribution in [-0.4, -0.2) is 96.0 Å². The van der Waals surface area contributed by atoms with E-state index in [1.807, 2.05) is 6.92 Å². The number of likely N-dealkylation sites (tertiary alicyclic amines) is 1. The first kappa shape index (κ1) is 27.5. The van der Waals surface area contributed by atoms with Crippen LogP contribution in [0.4, 0.5) is 0 Å². The molecule has 186 valence electrons. The van der Waals surface area contributed by atoms with E-state index >= 15 is 0 Å². The van der Waals surface area contributed by atoms with Crippen LogP contribution in [0.1, 0.15) is 31.6 Å². The maximum absolute atomic E-state index is 13.2. The predicted molar refractivity (Wildman–Crippen MR) is 126 cm³/mol. The largest absolute Gasteiger partial charge is 0.395 e. The normalized spacial score (nSPS) is 17.5. The zero-order valence-electron chi connectivity index (χ0n) is 18.8. The fourth-order valence-corrected chi connectivity index (χ4v) is 6.68. The number of amides is 3. The molecule has 13 heteroatoms. The molecular formula is C20H31ClN4O6S2. The molecule has 1 fully saturated rings. The van der Waals surface area contributed by atoms with Gasteiger partial charge in [-0.1, -0.05) is 18.5 Å². The fourth-order valence-electron chi connectivity index (χ4n) is 3.85. The summed E-state index contributed by atoms with van der Waals surface area (Å²) in [5, 5.41) is 9.24. The van der Waals surface area contributed by atoms with Crippen molar-refractivity contribution < 1.29 is 27.9 Å². The molecule has 0 aliphatic carbocycles. The standard InChI is InChI=1S/C20H31ClN4O6S2/c1-3-8-23(10-11-26)19(28)14(2)24-9-6-16(20(24)29)25(13-18(22)27)33(30,31)12-7-15-4-5-17(21)32-15/h4-5,14,16,26H,3,6-13H2,1-2H3,(H2,22,27)/t14-,16-/m0/s1. The van der Waals surface area contributed by atoms with Crippen LogP contribution in [0, 0.1) is 0 Å². The molecule has 0 unspecified atom stereocenters. The maximum Gasteiger partial charge on any atom is 0.245 e. The van der Waals surface area contributed by atoms with E-state index in [0.717, 1.165) is 9.18 Å². The van der Waals surface area contributed by atoms with Gasteiger partial charge in [-0.3, -0.25) is 14.4 Å². The van der Waals surface area contributed by atoms with Crippen LogP contribution in [0.25, 0.3) is 0 Å². The fraction of sp³-hybridized carbons (Fsp3) is 0.650. The minimum atomic E-state index is -4.01. The molecule has 10 nitrogen and oxygen atoms in total. The number of aliphatic hydroxyl groups is 1. The summed E-state index contributed by atoms with van der Waals surface area (Å²) < 4.78 is 27.6. The molecule has 0 spiro atoms. The molecule has 1 aliphatic rings. The SMILES string of the molecule is CCCN(CCO)C(=O)[C@H](C)N1CC[C@H](N(CC(N)=O)S(=O)(=O)CCc2ccc(Cl)s2)C1=O. The Hall–Kier alpha value is -1.73. The van der Waals surface area contributed by atoms with Crippen LogP contribution < -0.4 is 5.73 Å². The zero-order valence-corrected chi connectivity index (χ0v) is 21.2. The third-order valence-corrected chi connectivity index (χ3v) is 8.57. The highest BCUT2D eigenvalue weighted by molar-refractivity contribution is 7.89. The monoisotopic (exact) mass is 522 g/mol. The highest BCUT2D eigenvalue weighted by Gasteiger charge is 2.44. The first-order valence-electron chi connectivity index (χ1n) is 10.7. The molecule has 3 N–H and O–H groups in total. The zero-order chi connectivity index (χ0) is 24.8. The predicted octanol–water partition coefficient (Wildman–Crippen LogP) is 0.281. The average Bonchev–Trinajstić information content (AvgIpc) is 3.34. The van der Waals surface area contributed by atoms with E-state index in [1.54, 1.807) is 19.1 Å². The number of nitrogens with two attached hydrogens (primary N) is 1. The highest BCUT2D eigenvalue weighted by Crippen LogP contribution is 2.25. The van der Waals surface area contributed by atoms with Crippen molar-refractivity contribution in [3.05, 3.63) is 21.3 Å². The van der Waals surface area contributed by atoms with Gasteiger partial charge < -0.3 is 20.6 Å². The second kappa shape index (κ2) is 12.1. The lowest BCUT2D eigenvalue weighted by molar-refractivity contribution is -0.144. The molecule has 0 bridgehead atoms. The number of hydrogen-bond donors (Lipinski definition) is 2. The Labute approximate surface area is 203 Å². The summed E-state index contributed by atoms with van der Waals surface area (Å²) >= 11 is 7.16. The molecule has 33 heavy (non-hydrogen) atoms. The molecule has 2 atom stereocenters. The van der Waals surface area contributed by atoms with Gasteiger partial charge in [-0.15, -0.1) is 11.3 Å². The second-order valence-electron chi connectivity index (χ2n) is 7.84.